The molecule has 0 saturated carbocycles. The smallest absolute Gasteiger partial charge is 0.305 e. The van der Waals surface area contributed by atoms with Crippen molar-refractivity contribution in [2.24, 2.45) is 26.8 Å². The first-order chi connectivity index (χ1) is 19.0. The number of carbonyl (C=O) groups is 1. The normalized spacial score (nSPS) is 25.2. The van der Waals surface area contributed by atoms with Crippen molar-refractivity contribution in [1.29, 1.82) is 0 Å². The van der Waals surface area contributed by atoms with Gasteiger partial charge in [-0.15, -0.1) is 0 Å². The molecule has 1 saturated heterocycles. The maximum absolute atomic E-state index is 12.1. The molecule has 0 aliphatic carbocycles. The van der Waals surface area contributed by atoms with Gasteiger partial charge in [-0.3, -0.25) is 4.79 Å². The van der Waals surface area contributed by atoms with Crippen LogP contribution in [0.25, 0.3) is 0 Å². The van der Waals surface area contributed by atoms with Gasteiger partial charge in [-0.2, -0.15) is 0 Å². The maximum atomic E-state index is 12.1. The second kappa shape index (κ2) is 10.5. The Morgan fingerprint density at radius 1 is 0.950 bits per heavy atom. The number of ether oxygens (including phenoxy) is 1. The van der Waals surface area contributed by atoms with E-state index in [9.17, 15) is 9.90 Å². The highest BCUT2D eigenvalue weighted by molar-refractivity contribution is 6.18. The summed E-state index contributed by atoms with van der Waals surface area (Å²) in [4.78, 5) is 27.1. The summed E-state index contributed by atoms with van der Waals surface area (Å²) in [5.41, 5.74) is 13.3. The lowest BCUT2D eigenvalue weighted by Crippen LogP contribution is -2.15. The number of aliphatic hydroxyl groups excluding tert-OH is 1. The first-order valence-corrected chi connectivity index (χ1v) is 14.0. The van der Waals surface area contributed by atoms with Crippen molar-refractivity contribution in [3.8, 4) is 0 Å². The summed E-state index contributed by atoms with van der Waals surface area (Å²) in [5, 5.41) is 14.4. The summed E-state index contributed by atoms with van der Waals surface area (Å²) >= 11 is 0. The van der Waals surface area contributed by atoms with E-state index in [1.807, 2.05) is 13.0 Å². The van der Waals surface area contributed by atoms with Gasteiger partial charge >= 0.3 is 5.97 Å². The molecule has 2 N–H and O–H groups in total. The molecule has 5 rings (SSSR count). The molecule has 5 aliphatic heterocycles. The fourth-order valence-corrected chi connectivity index (χ4v) is 6.18. The number of nitrogens with zero attached hydrogens (tertiary/aromatic N) is 3. The Morgan fingerprint density at radius 3 is 2.33 bits per heavy atom. The number of aliphatic imine (C=N–C) groups is 3. The van der Waals surface area contributed by atoms with E-state index in [2.05, 4.69) is 58.2 Å². The number of carbonyl (C=O) groups excluding carboxylic acids is 1. The third-order valence-corrected chi connectivity index (χ3v) is 8.62. The number of rotatable bonds is 4. The molecule has 5 aliphatic rings. The number of methoxy groups -OCH3 is 1. The molecule has 7 nitrogen and oxygen atoms in total. The first kappa shape index (κ1) is 27.6. The van der Waals surface area contributed by atoms with Crippen LogP contribution in [0.1, 0.15) is 67.7 Å². The second-order valence-corrected chi connectivity index (χ2v) is 11.1. The van der Waals surface area contributed by atoms with Crippen LogP contribution in [0.4, 0.5) is 0 Å². The van der Waals surface area contributed by atoms with Crippen molar-refractivity contribution < 1.29 is 14.6 Å². The van der Waals surface area contributed by atoms with E-state index in [0.29, 0.717) is 18.6 Å². The van der Waals surface area contributed by atoms with Gasteiger partial charge in [0.1, 0.15) is 0 Å². The predicted octanol–water partition coefficient (Wildman–Crippen LogP) is 6.88. The van der Waals surface area contributed by atoms with Crippen molar-refractivity contribution in [2.75, 3.05) is 7.11 Å². The third-order valence-electron chi connectivity index (χ3n) is 8.62. The highest BCUT2D eigenvalue weighted by Crippen LogP contribution is 2.41. The lowest BCUT2D eigenvalue weighted by atomic mass is 9.86. The van der Waals surface area contributed by atoms with Crippen LogP contribution < -0.4 is 5.32 Å². The van der Waals surface area contributed by atoms with E-state index in [1.54, 1.807) is 6.92 Å². The monoisotopic (exact) mass is 538 g/mol. The van der Waals surface area contributed by atoms with Crippen LogP contribution in [-0.4, -0.2) is 35.3 Å². The zero-order valence-corrected chi connectivity index (χ0v) is 24.7. The molecule has 1 unspecified atom stereocenters. The van der Waals surface area contributed by atoms with E-state index in [-0.39, 0.29) is 23.6 Å². The lowest BCUT2D eigenvalue weighted by Gasteiger charge is -2.17. The SMILES string of the molecule is CCC1=C(C)C2=CC3=NC(=C(C)/C3=C(/C)O)C=C3NC(=C(C)C4=NC(=CC1=N2)C(C)=C4)[C@@H](CCC(=O)OC)C3C. The van der Waals surface area contributed by atoms with E-state index < -0.39 is 0 Å². The minimum Gasteiger partial charge on any atom is -0.512 e. The van der Waals surface area contributed by atoms with E-state index in [4.69, 9.17) is 19.7 Å². The van der Waals surface area contributed by atoms with Crippen LogP contribution in [0.5, 0.6) is 0 Å². The van der Waals surface area contributed by atoms with Gasteiger partial charge < -0.3 is 15.2 Å². The Hall–Kier alpha value is -4.00. The van der Waals surface area contributed by atoms with Crippen LogP contribution in [0.3, 0.4) is 0 Å². The van der Waals surface area contributed by atoms with Crippen molar-refractivity contribution in [3.63, 3.8) is 0 Å². The molecule has 8 bridgehead atoms. The van der Waals surface area contributed by atoms with Crippen LogP contribution >= 0.6 is 0 Å². The summed E-state index contributed by atoms with van der Waals surface area (Å²) < 4.78 is 4.95. The first-order valence-electron chi connectivity index (χ1n) is 14.0. The summed E-state index contributed by atoms with van der Waals surface area (Å²) in [6.07, 6.45) is 10.1. The predicted molar refractivity (Wildman–Crippen MR) is 161 cm³/mol. The second-order valence-electron chi connectivity index (χ2n) is 11.1. The largest absolute Gasteiger partial charge is 0.512 e. The van der Waals surface area contributed by atoms with Gasteiger partial charge in [-0.05, 0) is 99.6 Å². The summed E-state index contributed by atoms with van der Waals surface area (Å²) in [6.45, 7) is 14.3. The van der Waals surface area contributed by atoms with Crippen LogP contribution in [-0.2, 0) is 9.53 Å². The molecule has 0 aromatic rings. The molecule has 0 radical (unpaired) electrons. The highest BCUT2D eigenvalue weighted by atomic mass is 16.5. The quantitative estimate of drug-likeness (QED) is 0.301. The van der Waals surface area contributed by atoms with E-state index >= 15 is 0 Å². The Bertz CT molecular complexity index is 1560. The molecule has 0 spiro atoms. The van der Waals surface area contributed by atoms with E-state index in [0.717, 1.165) is 74.2 Å². The number of fused-ring (bicyclic) bond motifs is 5. The molecule has 1 fully saturated rings. The highest BCUT2D eigenvalue weighted by Gasteiger charge is 2.36. The molecular weight excluding hydrogens is 500 g/mol. The lowest BCUT2D eigenvalue weighted by molar-refractivity contribution is -0.140. The summed E-state index contributed by atoms with van der Waals surface area (Å²) in [6, 6.07) is 0. The number of allylic oxidation sites excluding steroid dienone is 13. The molecule has 7 heteroatoms. The number of nitrogens with one attached hydrogen (secondary N) is 1. The number of hydrogen-bond acceptors (Lipinski definition) is 7. The molecule has 0 aromatic heterocycles. The Kier molecular flexibility index (Phi) is 7.25. The number of esters is 1. The van der Waals surface area contributed by atoms with Gasteiger partial charge in [0, 0.05) is 35.2 Å². The fraction of sp³-hybridized carbons (Fsp3) is 0.394. The van der Waals surface area contributed by atoms with Crippen molar-refractivity contribution in [3.05, 3.63) is 92.0 Å². The molecule has 208 valence electrons. The maximum Gasteiger partial charge on any atom is 0.305 e. The van der Waals surface area contributed by atoms with Gasteiger partial charge in [0.05, 0.1) is 47.1 Å². The van der Waals surface area contributed by atoms with Gasteiger partial charge in [-0.1, -0.05) is 13.8 Å². The Balaban J connectivity index is 1.75. The standard InChI is InChI=1S/C33H38N4O3/c1-9-22-17(3)26-15-30-32(21(7)38)19(5)28(36-30)14-27-18(4)23(10-11-31(39)40-8)33(37-27)20(6)25-12-16(2)24(34-25)13-29(22)35-26/h12-15,18,23,37-38H,9-11H2,1-8H3/b24-13?,26-15?,27-14?,32-21+,33-20?/t18?,23-/m0/s1. The molecule has 40 heavy (non-hydrogen) atoms. The van der Waals surface area contributed by atoms with Crippen molar-refractivity contribution >= 4 is 23.1 Å². The van der Waals surface area contributed by atoms with Gasteiger partial charge in [0.2, 0.25) is 0 Å². The Labute approximate surface area is 236 Å². The topological polar surface area (TPSA) is 95.6 Å². The summed E-state index contributed by atoms with van der Waals surface area (Å²) in [7, 11) is 1.43. The van der Waals surface area contributed by atoms with Gasteiger partial charge in [0.15, 0.2) is 0 Å². The zero-order valence-electron chi connectivity index (χ0n) is 24.7. The number of aliphatic hydroxyl groups is 1. The third kappa shape index (κ3) is 4.67. The van der Waals surface area contributed by atoms with Crippen molar-refractivity contribution in [1.82, 2.24) is 5.32 Å². The molecule has 0 amide bonds. The van der Waals surface area contributed by atoms with Crippen LogP contribution in [0.15, 0.2) is 107 Å². The minimum atomic E-state index is -0.213. The Morgan fingerprint density at radius 2 is 1.65 bits per heavy atom. The number of hydrogen-bond donors (Lipinski definition) is 2. The van der Waals surface area contributed by atoms with Gasteiger partial charge in [0.25, 0.3) is 0 Å². The zero-order chi connectivity index (χ0) is 28.9. The fourth-order valence-electron chi connectivity index (χ4n) is 6.18. The minimum absolute atomic E-state index is 0.0885. The van der Waals surface area contributed by atoms with Crippen LogP contribution in [0.2, 0.25) is 0 Å². The van der Waals surface area contributed by atoms with Crippen LogP contribution in [0, 0.1) is 11.8 Å². The molecule has 5 heterocycles. The van der Waals surface area contributed by atoms with Gasteiger partial charge in [-0.25, -0.2) is 15.0 Å². The average Bonchev–Trinajstić information content (AvgIpc) is 3.61. The molecule has 2 atom stereocenters. The average molecular weight is 539 g/mol. The molecular formula is C33H38N4O3. The molecule has 0 aromatic carbocycles. The van der Waals surface area contributed by atoms with E-state index in [1.165, 1.54) is 12.7 Å². The summed E-state index contributed by atoms with van der Waals surface area (Å²) in [5.74, 6) is 0.224. The van der Waals surface area contributed by atoms with Crippen molar-refractivity contribution in [2.45, 2.75) is 67.7 Å².